The Labute approximate surface area is 262 Å². The molecule has 41 heavy (non-hydrogen) atoms. The zero-order valence-electron chi connectivity index (χ0n) is 27.5. The van der Waals surface area contributed by atoms with Gasteiger partial charge in [0.15, 0.2) is 0 Å². The number of hydrogen-bond acceptors (Lipinski definition) is 5. The van der Waals surface area contributed by atoms with Crippen molar-refractivity contribution in [2.75, 3.05) is 0 Å². The first kappa shape index (κ1) is 40.4. The van der Waals surface area contributed by atoms with Crippen LogP contribution in [0.1, 0.15) is 195 Å². The molecule has 1 atom stereocenters. The van der Waals surface area contributed by atoms with E-state index in [1.54, 1.807) is 13.8 Å². The van der Waals surface area contributed by atoms with Crippen molar-refractivity contribution in [2.24, 2.45) is 0 Å². The summed E-state index contributed by atoms with van der Waals surface area (Å²) in [4.78, 5) is 24.9. The molecule has 0 spiro atoms. The van der Waals surface area contributed by atoms with Crippen molar-refractivity contribution in [1.29, 1.82) is 0 Å². The number of alkyl halides is 1. The van der Waals surface area contributed by atoms with Crippen LogP contribution in [0, 0.1) is 0 Å². The Kier molecular flexibility index (Phi) is 27.7. The fraction of sp³-hybridized carbons (Fsp3) is 0.943. The Morgan fingerprint density at radius 3 is 1.15 bits per heavy atom. The average Bonchev–Trinajstić information content (AvgIpc) is 2.92. The van der Waals surface area contributed by atoms with Crippen LogP contribution in [-0.2, 0) is 19.1 Å². The zero-order valence-corrected chi connectivity index (χ0v) is 29.1. The highest BCUT2D eigenvalue weighted by molar-refractivity contribution is 9.09. The fourth-order valence-corrected chi connectivity index (χ4v) is 5.32. The van der Waals surface area contributed by atoms with Crippen LogP contribution in [0.4, 0.5) is 0 Å². The molecule has 0 saturated heterocycles. The highest BCUT2D eigenvalue weighted by Crippen LogP contribution is 2.24. The van der Waals surface area contributed by atoms with E-state index in [4.69, 9.17) is 9.47 Å². The molecule has 0 aliphatic heterocycles. The summed E-state index contributed by atoms with van der Waals surface area (Å²) in [6, 6.07) is 0. The first-order chi connectivity index (χ1) is 19.7. The lowest BCUT2D eigenvalue weighted by atomic mass is 10.0. The van der Waals surface area contributed by atoms with Gasteiger partial charge in [-0.15, -0.1) is 0 Å². The third kappa shape index (κ3) is 27.9. The number of esters is 2. The van der Waals surface area contributed by atoms with E-state index in [0.717, 1.165) is 38.5 Å². The summed E-state index contributed by atoms with van der Waals surface area (Å²) in [5, 5.41) is 10.2. The Balaban J connectivity index is 4.21. The van der Waals surface area contributed by atoms with Crippen molar-refractivity contribution in [3.63, 3.8) is 0 Å². The predicted molar refractivity (Wildman–Crippen MR) is 176 cm³/mol. The lowest BCUT2D eigenvalue weighted by Crippen LogP contribution is -2.33. The second kappa shape index (κ2) is 28.2. The van der Waals surface area contributed by atoms with Crippen molar-refractivity contribution < 1.29 is 24.2 Å². The highest BCUT2D eigenvalue weighted by Gasteiger charge is 2.27. The number of hydrogen-bond donors (Lipinski definition) is 1. The molecule has 0 aromatic heterocycles. The van der Waals surface area contributed by atoms with Gasteiger partial charge in [0.2, 0.25) is 6.29 Å². The van der Waals surface area contributed by atoms with Crippen LogP contribution in [0.3, 0.4) is 0 Å². The molecule has 1 N–H and O–H groups in total. The molecule has 0 bridgehead atoms. The average molecular weight is 648 g/mol. The second-order valence-electron chi connectivity index (χ2n) is 12.7. The molecular formula is C35H67BrO5. The van der Waals surface area contributed by atoms with Gasteiger partial charge in [0.05, 0.1) is 5.60 Å². The van der Waals surface area contributed by atoms with Crippen molar-refractivity contribution in [2.45, 2.75) is 211 Å². The third-order valence-electron chi connectivity index (χ3n) is 7.92. The Morgan fingerprint density at radius 2 is 0.854 bits per heavy atom. The van der Waals surface area contributed by atoms with Crippen molar-refractivity contribution in [3.05, 3.63) is 0 Å². The van der Waals surface area contributed by atoms with Crippen LogP contribution in [0.15, 0.2) is 0 Å². The summed E-state index contributed by atoms with van der Waals surface area (Å²) >= 11 is 3.51. The molecule has 0 aliphatic carbocycles. The van der Waals surface area contributed by atoms with Crippen LogP contribution in [0.2, 0.25) is 0 Å². The molecule has 1 unspecified atom stereocenters. The van der Waals surface area contributed by atoms with Crippen LogP contribution in [0.5, 0.6) is 0 Å². The quantitative estimate of drug-likeness (QED) is 0.0363. The number of ether oxygens (including phenoxy) is 2. The summed E-state index contributed by atoms with van der Waals surface area (Å²) in [5.41, 5.74) is -0.913. The molecule has 0 rings (SSSR count). The van der Waals surface area contributed by atoms with Gasteiger partial charge in [-0.1, -0.05) is 158 Å². The first-order valence-corrected chi connectivity index (χ1v) is 18.4. The van der Waals surface area contributed by atoms with Crippen LogP contribution >= 0.6 is 15.9 Å². The van der Waals surface area contributed by atoms with Crippen molar-refractivity contribution >= 4 is 27.9 Å². The van der Waals surface area contributed by atoms with Gasteiger partial charge in [0.1, 0.15) is 0 Å². The summed E-state index contributed by atoms with van der Waals surface area (Å²) in [5.74, 6) is -0.606. The van der Waals surface area contributed by atoms with E-state index in [9.17, 15) is 14.7 Å². The van der Waals surface area contributed by atoms with E-state index in [1.807, 2.05) is 0 Å². The molecule has 244 valence electrons. The number of carbonyl (C=O) groups is 2. The molecule has 0 radical (unpaired) electrons. The van der Waals surface area contributed by atoms with Gasteiger partial charge in [-0.05, 0) is 33.1 Å². The standard InChI is InChI=1S/C35H67BrO5/c1-5-7-9-11-13-15-17-19-21-23-25-27-32(37)40-34(30-29-31(36)35(3,4)39)41-33(38)28-26-24-22-20-18-16-14-12-10-8-6-2/h31,34,39H,5-30H2,1-4H3. The van der Waals surface area contributed by atoms with Crippen LogP contribution in [0.25, 0.3) is 0 Å². The van der Waals surface area contributed by atoms with Gasteiger partial charge in [-0.3, -0.25) is 9.59 Å². The Morgan fingerprint density at radius 1 is 0.561 bits per heavy atom. The summed E-state index contributed by atoms with van der Waals surface area (Å²) in [6.45, 7) is 7.97. The number of rotatable bonds is 30. The molecule has 0 fully saturated rings. The van der Waals surface area contributed by atoms with E-state index >= 15 is 0 Å². The molecule has 6 heteroatoms. The predicted octanol–water partition coefficient (Wildman–Crippen LogP) is 11.1. The molecule has 0 heterocycles. The molecular weight excluding hydrogens is 580 g/mol. The number of carbonyl (C=O) groups excluding carboxylic acids is 2. The van der Waals surface area contributed by atoms with Crippen molar-refractivity contribution in [3.8, 4) is 0 Å². The topological polar surface area (TPSA) is 72.8 Å². The molecule has 0 amide bonds. The summed E-state index contributed by atoms with van der Waals surface area (Å²) in [7, 11) is 0. The normalized spacial score (nSPS) is 12.6. The van der Waals surface area contributed by atoms with Gasteiger partial charge >= 0.3 is 11.9 Å². The van der Waals surface area contributed by atoms with E-state index in [1.165, 1.54) is 103 Å². The molecule has 5 nitrogen and oxygen atoms in total. The van der Waals surface area contributed by atoms with Crippen LogP contribution in [-0.4, -0.2) is 33.8 Å². The largest absolute Gasteiger partial charge is 0.425 e. The smallest absolute Gasteiger partial charge is 0.308 e. The van der Waals surface area contributed by atoms with Gasteiger partial charge in [0, 0.05) is 24.1 Å². The zero-order chi connectivity index (χ0) is 30.6. The van der Waals surface area contributed by atoms with Gasteiger partial charge in [-0.2, -0.15) is 0 Å². The lowest BCUT2D eigenvalue weighted by molar-refractivity contribution is -0.189. The minimum atomic E-state index is -0.913. The maximum Gasteiger partial charge on any atom is 0.308 e. The van der Waals surface area contributed by atoms with Crippen LogP contribution < -0.4 is 0 Å². The molecule has 0 aromatic rings. The molecule has 0 saturated carbocycles. The second-order valence-corrected chi connectivity index (χ2v) is 13.8. The maximum absolute atomic E-state index is 12.5. The summed E-state index contributed by atoms with van der Waals surface area (Å²) < 4.78 is 11.2. The number of halogens is 1. The number of aliphatic hydroxyl groups is 1. The van der Waals surface area contributed by atoms with Gasteiger partial charge in [-0.25, -0.2) is 0 Å². The van der Waals surface area contributed by atoms with E-state index in [0.29, 0.717) is 25.7 Å². The Hall–Kier alpha value is -0.620. The van der Waals surface area contributed by atoms with Gasteiger partial charge in [0.25, 0.3) is 0 Å². The highest BCUT2D eigenvalue weighted by atomic mass is 79.9. The third-order valence-corrected chi connectivity index (χ3v) is 9.50. The monoisotopic (exact) mass is 646 g/mol. The van der Waals surface area contributed by atoms with E-state index in [2.05, 4.69) is 29.8 Å². The number of unbranched alkanes of at least 4 members (excludes halogenated alkanes) is 20. The van der Waals surface area contributed by atoms with Crippen molar-refractivity contribution in [1.82, 2.24) is 0 Å². The molecule has 0 aromatic carbocycles. The minimum Gasteiger partial charge on any atom is -0.425 e. The fourth-order valence-electron chi connectivity index (χ4n) is 5.06. The first-order valence-electron chi connectivity index (χ1n) is 17.5. The lowest BCUT2D eigenvalue weighted by Gasteiger charge is -2.26. The SMILES string of the molecule is CCCCCCCCCCCCCC(=O)OC(CCC(Br)C(C)(C)O)OC(=O)CCCCCCCCCCCCC. The molecule has 0 aliphatic rings. The van der Waals surface area contributed by atoms with E-state index < -0.39 is 11.9 Å². The maximum atomic E-state index is 12.5. The minimum absolute atomic E-state index is 0.187. The Bertz CT molecular complexity index is 564. The summed E-state index contributed by atoms with van der Waals surface area (Å²) in [6.07, 6.45) is 27.7. The van der Waals surface area contributed by atoms with E-state index in [-0.39, 0.29) is 16.8 Å². The van der Waals surface area contributed by atoms with Gasteiger partial charge < -0.3 is 14.6 Å².